The number of hydrogen-bond donors (Lipinski definition) is 1. The fraction of sp³-hybridized carbons (Fsp3) is 0.933. The first-order chi connectivity index (χ1) is 8.90. The number of rotatable bonds is 5. The monoisotopic (exact) mass is 269 g/mol. The number of nitrogens with zero attached hydrogens (tertiary/aromatic N) is 1. The summed E-state index contributed by atoms with van der Waals surface area (Å²) in [4.78, 5) is 13.7. The summed E-state index contributed by atoms with van der Waals surface area (Å²) in [6.07, 6.45) is 4.48. The third-order valence-electron chi connectivity index (χ3n) is 4.09. The van der Waals surface area contributed by atoms with Gasteiger partial charge in [-0.2, -0.15) is 0 Å². The Morgan fingerprint density at radius 1 is 1.32 bits per heavy atom. The molecule has 4 heteroatoms. The second-order valence-electron chi connectivity index (χ2n) is 7.01. The third kappa shape index (κ3) is 4.10. The van der Waals surface area contributed by atoms with Crippen LogP contribution in [-0.4, -0.2) is 41.4 Å². The van der Waals surface area contributed by atoms with Crippen molar-refractivity contribution in [2.45, 2.75) is 52.1 Å². The molecule has 1 heterocycles. The van der Waals surface area contributed by atoms with Crippen molar-refractivity contribution in [2.75, 3.05) is 19.7 Å². The third-order valence-corrected chi connectivity index (χ3v) is 4.09. The molecule has 0 aromatic rings. The zero-order valence-electron chi connectivity index (χ0n) is 12.4. The lowest BCUT2D eigenvalue weighted by molar-refractivity contribution is -0.0146. The van der Waals surface area contributed by atoms with Crippen LogP contribution >= 0.6 is 0 Å². The van der Waals surface area contributed by atoms with E-state index in [0.717, 1.165) is 31.8 Å². The molecule has 0 bridgehead atoms. The SMILES string of the molecule is CC(C)(C)OC(=O)N1CC(C(CCCO)C2CC2)C1. The van der Waals surface area contributed by atoms with Crippen molar-refractivity contribution in [3.8, 4) is 0 Å². The zero-order chi connectivity index (χ0) is 14.0. The molecular formula is C15H27NO3. The van der Waals surface area contributed by atoms with Crippen molar-refractivity contribution in [3.05, 3.63) is 0 Å². The van der Waals surface area contributed by atoms with E-state index in [4.69, 9.17) is 9.84 Å². The Kier molecular flexibility index (Phi) is 4.39. The molecule has 0 radical (unpaired) electrons. The van der Waals surface area contributed by atoms with Crippen LogP contribution in [-0.2, 0) is 4.74 Å². The molecule has 1 N–H and O–H groups in total. The molecule has 2 fully saturated rings. The first-order valence-corrected chi connectivity index (χ1v) is 7.49. The molecule has 1 saturated carbocycles. The molecule has 2 rings (SSSR count). The van der Waals surface area contributed by atoms with Crippen molar-refractivity contribution >= 4 is 6.09 Å². The van der Waals surface area contributed by atoms with E-state index in [1.807, 2.05) is 25.7 Å². The first-order valence-electron chi connectivity index (χ1n) is 7.49. The predicted molar refractivity (Wildman–Crippen MR) is 73.8 cm³/mol. The van der Waals surface area contributed by atoms with Crippen molar-refractivity contribution in [2.24, 2.45) is 17.8 Å². The zero-order valence-corrected chi connectivity index (χ0v) is 12.4. The van der Waals surface area contributed by atoms with E-state index in [0.29, 0.717) is 11.8 Å². The molecule has 1 amide bonds. The number of carbonyl (C=O) groups excluding carboxylic acids is 1. The topological polar surface area (TPSA) is 49.8 Å². The summed E-state index contributed by atoms with van der Waals surface area (Å²) in [5, 5.41) is 8.97. The van der Waals surface area contributed by atoms with Gasteiger partial charge in [-0.05, 0) is 64.2 Å². The van der Waals surface area contributed by atoms with Crippen LogP contribution in [0.15, 0.2) is 0 Å². The summed E-state index contributed by atoms with van der Waals surface area (Å²) in [5.41, 5.74) is -0.408. The summed E-state index contributed by atoms with van der Waals surface area (Å²) in [6, 6.07) is 0. The highest BCUT2D eigenvalue weighted by molar-refractivity contribution is 5.69. The smallest absolute Gasteiger partial charge is 0.410 e. The van der Waals surface area contributed by atoms with Crippen molar-refractivity contribution in [3.63, 3.8) is 0 Å². The van der Waals surface area contributed by atoms with E-state index in [1.54, 1.807) is 0 Å². The second kappa shape index (κ2) is 5.70. The van der Waals surface area contributed by atoms with Gasteiger partial charge in [0.05, 0.1) is 0 Å². The fourth-order valence-electron chi connectivity index (χ4n) is 2.97. The van der Waals surface area contributed by atoms with E-state index >= 15 is 0 Å². The first kappa shape index (κ1) is 14.6. The number of carbonyl (C=O) groups is 1. The summed E-state index contributed by atoms with van der Waals surface area (Å²) >= 11 is 0. The van der Waals surface area contributed by atoms with Gasteiger partial charge >= 0.3 is 6.09 Å². The Morgan fingerprint density at radius 3 is 2.42 bits per heavy atom. The maximum Gasteiger partial charge on any atom is 0.410 e. The molecule has 2 aliphatic rings. The lowest BCUT2D eigenvalue weighted by atomic mass is 9.80. The Bertz CT molecular complexity index is 314. The Labute approximate surface area is 116 Å². The largest absolute Gasteiger partial charge is 0.444 e. The van der Waals surface area contributed by atoms with E-state index in [9.17, 15) is 4.79 Å². The van der Waals surface area contributed by atoms with Gasteiger partial charge in [0.25, 0.3) is 0 Å². The van der Waals surface area contributed by atoms with Crippen molar-refractivity contribution in [1.29, 1.82) is 0 Å². The van der Waals surface area contributed by atoms with Gasteiger partial charge in [0.15, 0.2) is 0 Å². The van der Waals surface area contributed by atoms with Crippen molar-refractivity contribution in [1.82, 2.24) is 4.90 Å². The van der Waals surface area contributed by atoms with Crippen LogP contribution in [0.5, 0.6) is 0 Å². The lowest BCUT2D eigenvalue weighted by Crippen LogP contribution is -2.54. The molecule has 1 aliphatic heterocycles. The van der Waals surface area contributed by atoms with Crippen LogP contribution in [0.3, 0.4) is 0 Å². The average Bonchev–Trinajstić information content (AvgIpc) is 3.01. The van der Waals surface area contributed by atoms with Crippen LogP contribution < -0.4 is 0 Å². The fourth-order valence-corrected chi connectivity index (χ4v) is 2.97. The number of aliphatic hydroxyl groups is 1. The van der Waals surface area contributed by atoms with Gasteiger partial charge in [0.2, 0.25) is 0 Å². The van der Waals surface area contributed by atoms with E-state index in [-0.39, 0.29) is 12.7 Å². The lowest BCUT2D eigenvalue weighted by Gasteiger charge is -2.44. The molecule has 1 aliphatic carbocycles. The number of likely N-dealkylation sites (tertiary alicyclic amines) is 1. The van der Waals surface area contributed by atoms with Gasteiger partial charge in [0.1, 0.15) is 5.60 Å². The molecule has 1 atom stereocenters. The standard InChI is InChI=1S/C15H27NO3/c1-15(2,3)19-14(18)16-9-12(10-16)13(5-4-8-17)11-6-7-11/h11-13,17H,4-10H2,1-3H3. The van der Waals surface area contributed by atoms with Gasteiger partial charge < -0.3 is 14.7 Å². The highest BCUT2D eigenvalue weighted by Crippen LogP contribution is 2.45. The number of amides is 1. The highest BCUT2D eigenvalue weighted by Gasteiger charge is 2.43. The number of hydrogen-bond acceptors (Lipinski definition) is 3. The summed E-state index contributed by atoms with van der Waals surface area (Å²) in [5.74, 6) is 2.16. The molecule has 110 valence electrons. The normalized spacial score (nSPS) is 22.0. The van der Waals surface area contributed by atoms with E-state index in [2.05, 4.69) is 0 Å². The Morgan fingerprint density at radius 2 is 1.95 bits per heavy atom. The predicted octanol–water partition coefficient (Wildman–Crippen LogP) is 2.65. The average molecular weight is 269 g/mol. The molecule has 0 spiro atoms. The minimum Gasteiger partial charge on any atom is -0.444 e. The minimum atomic E-state index is -0.408. The van der Waals surface area contributed by atoms with Crippen molar-refractivity contribution < 1.29 is 14.6 Å². The van der Waals surface area contributed by atoms with Gasteiger partial charge in [-0.1, -0.05) is 0 Å². The summed E-state index contributed by atoms with van der Waals surface area (Å²) < 4.78 is 5.37. The van der Waals surface area contributed by atoms with Crippen LogP contribution in [0.1, 0.15) is 46.5 Å². The van der Waals surface area contributed by atoms with Crippen LogP contribution in [0, 0.1) is 17.8 Å². The molecule has 19 heavy (non-hydrogen) atoms. The molecule has 1 saturated heterocycles. The van der Waals surface area contributed by atoms with E-state index in [1.165, 1.54) is 12.8 Å². The number of ether oxygens (including phenoxy) is 1. The van der Waals surface area contributed by atoms with Crippen LogP contribution in [0.4, 0.5) is 4.79 Å². The molecule has 1 unspecified atom stereocenters. The minimum absolute atomic E-state index is 0.180. The Hall–Kier alpha value is -0.770. The molecule has 0 aromatic carbocycles. The second-order valence-corrected chi connectivity index (χ2v) is 7.01. The molecular weight excluding hydrogens is 242 g/mol. The quantitative estimate of drug-likeness (QED) is 0.834. The van der Waals surface area contributed by atoms with Gasteiger partial charge in [-0.3, -0.25) is 0 Å². The van der Waals surface area contributed by atoms with Crippen LogP contribution in [0.2, 0.25) is 0 Å². The number of aliphatic hydroxyl groups excluding tert-OH is 1. The van der Waals surface area contributed by atoms with E-state index < -0.39 is 5.60 Å². The van der Waals surface area contributed by atoms with Gasteiger partial charge in [0, 0.05) is 19.7 Å². The maximum atomic E-state index is 11.9. The van der Waals surface area contributed by atoms with Crippen LogP contribution in [0.25, 0.3) is 0 Å². The Balaban J connectivity index is 1.76. The molecule has 0 aromatic heterocycles. The van der Waals surface area contributed by atoms with Gasteiger partial charge in [-0.15, -0.1) is 0 Å². The summed E-state index contributed by atoms with van der Waals surface area (Å²) in [7, 11) is 0. The molecule has 4 nitrogen and oxygen atoms in total. The summed E-state index contributed by atoms with van der Waals surface area (Å²) in [6.45, 7) is 7.65. The highest BCUT2D eigenvalue weighted by atomic mass is 16.6. The van der Waals surface area contributed by atoms with Gasteiger partial charge in [-0.25, -0.2) is 4.79 Å². The maximum absolute atomic E-state index is 11.9.